The maximum atomic E-state index is 11.2. The first-order valence-corrected chi connectivity index (χ1v) is 6.66. The summed E-state index contributed by atoms with van der Waals surface area (Å²) in [6.07, 6.45) is 6.69. The number of aromatic nitrogens is 1. The average molecular weight is 261 g/mol. The average Bonchev–Trinajstić information content (AvgIpc) is 2.37. The lowest BCUT2D eigenvalue weighted by Gasteiger charge is -2.01. The van der Waals surface area contributed by atoms with E-state index >= 15 is 0 Å². The van der Waals surface area contributed by atoms with Gasteiger partial charge in [0, 0.05) is 12.4 Å². The summed E-state index contributed by atoms with van der Waals surface area (Å²) in [7, 11) is -4.20. The molecule has 0 radical (unpaired) electrons. The van der Waals surface area contributed by atoms with Crippen molar-refractivity contribution in [3.05, 3.63) is 59.9 Å². The molecule has 0 saturated heterocycles. The monoisotopic (exact) mass is 261 g/mol. The van der Waals surface area contributed by atoms with Crippen molar-refractivity contribution in [2.45, 2.75) is 4.90 Å². The molecule has 0 spiro atoms. The van der Waals surface area contributed by atoms with Gasteiger partial charge in [-0.25, -0.2) is 0 Å². The van der Waals surface area contributed by atoms with Gasteiger partial charge in [-0.05, 0) is 29.3 Å². The van der Waals surface area contributed by atoms with Crippen molar-refractivity contribution in [1.29, 1.82) is 0 Å². The van der Waals surface area contributed by atoms with Gasteiger partial charge in [0.15, 0.2) is 0 Å². The first-order valence-electron chi connectivity index (χ1n) is 5.22. The molecule has 1 aromatic heterocycles. The van der Waals surface area contributed by atoms with Gasteiger partial charge < -0.3 is 0 Å². The van der Waals surface area contributed by atoms with Crippen molar-refractivity contribution < 1.29 is 13.0 Å². The lowest BCUT2D eigenvalue weighted by Crippen LogP contribution is -2.00. The molecule has 0 amide bonds. The molecule has 0 fully saturated rings. The van der Waals surface area contributed by atoms with E-state index in [0.717, 1.165) is 5.56 Å². The second kappa shape index (κ2) is 5.12. The van der Waals surface area contributed by atoms with E-state index in [0.29, 0.717) is 5.56 Å². The van der Waals surface area contributed by atoms with Gasteiger partial charge in [-0.1, -0.05) is 30.4 Å². The summed E-state index contributed by atoms with van der Waals surface area (Å²) < 4.78 is 31.4. The molecule has 0 aliphatic heterocycles. The highest BCUT2D eigenvalue weighted by molar-refractivity contribution is 7.85. The molecule has 0 aliphatic carbocycles. The SMILES string of the molecule is O=S(=O)(O)c1ccccc1/C=C/c1ccncc1. The Labute approximate surface area is 105 Å². The van der Waals surface area contributed by atoms with Gasteiger partial charge >= 0.3 is 0 Å². The van der Waals surface area contributed by atoms with Crippen LogP contribution < -0.4 is 0 Å². The van der Waals surface area contributed by atoms with Crippen LogP contribution in [0.5, 0.6) is 0 Å². The number of nitrogens with zero attached hydrogens (tertiary/aromatic N) is 1. The van der Waals surface area contributed by atoms with Crippen molar-refractivity contribution in [3.63, 3.8) is 0 Å². The van der Waals surface area contributed by atoms with Crippen LogP contribution in [0.1, 0.15) is 11.1 Å². The Morgan fingerprint density at radius 1 is 1.00 bits per heavy atom. The second-order valence-electron chi connectivity index (χ2n) is 3.63. The smallest absolute Gasteiger partial charge is 0.282 e. The fourth-order valence-corrected chi connectivity index (χ4v) is 2.20. The van der Waals surface area contributed by atoms with Crippen LogP contribution in [0.25, 0.3) is 12.2 Å². The van der Waals surface area contributed by atoms with Crippen LogP contribution in [0.4, 0.5) is 0 Å². The van der Waals surface area contributed by atoms with Crippen LogP contribution in [0.3, 0.4) is 0 Å². The molecule has 4 nitrogen and oxygen atoms in total. The Morgan fingerprint density at radius 2 is 1.67 bits per heavy atom. The summed E-state index contributed by atoms with van der Waals surface area (Å²) in [5, 5.41) is 0. The Balaban J connectivity index is 2.39. The van der Waals surface area contributed by atoms with Gasteiger partial charge in [0.1, 0.15) is 4.90 Å². The molecule has 0 unspecified atom stereocenters. The van der Waals surface area contributed by atoms with E-state index in [1.807, 2.05) is 0 Å². The summed E-state index contributed by atoms with van der Waals surface area (Å²) >= 11 is 0. The maximum Gasteiger partial charge on any atom is 0.295 e. The van der Waals surface area contributed by atoms with Gasteiger partial charge in [0.25, 0.3) is 10.1 Å². The van der Waals surface area contributed by atoms with E-state index in [-0.39, 0.29) is 4.90 Å². The summed E-state index contributed by atoms with van der Waals surface area (Å²) in [6, 6.07) is 9.86. The molecule has 1 heterocycles. The number of rotatable bonds is 3. The van der Waals surface area contributed by atoms with Gasteiger partial charge in [-0.3, -0.25) is 9.54 Å². The summed E-state index contributed by atoms with van der Waals surface area (Å²) in [4.78, 5) is 3.79. The molecule has 0 bridgehead atoms. The molecule has 0 saturated carbocycles. The van der Waals surface area contributed by atoms with Crippen LogP contribution in [-0.4, -0.2) is 18.0 Å². The van der Waals surface area contributed by atoms with Crippen molar-refractivity contribution in [2.75, 3.05) is 0 Å². The van der Waals surface area contributed by atoms with Crippen LogP contribution in [0.15, 0.2) is 53.7 Å². The lowest BCUT2D eigenvalue weighted by atomic mass is 10.1. The third-order valence-corrected chi connectivity index (χ3v) is 3.29. The Morgan fingerprint density at radius 3 is 2.33 bits per heavy atom. The zero-order chi connectivity index (χ0) is 13.0. The first kappa shape index (κ1) is 12.5. The largest absolute Gasteiger partial charge is 0.295 e. The molecule has 5 heteroatoms. The fourth-order valence-electron chi connectivity index (χ4n) is 1.51. The molecule has 92 valence electrons. The van der Waals surface area contributed by atoms with Crippen LogP contribution in [-0.2, 0) is 10.1 Å². The van der Waals surface area contributed by atoms with Crippen LogP contribution >= 0.6 is 0 Å². The minimum absolute atomic E-state index is 0.102. The molecular weight excluding hydrogens is 250 g/mol. The van der Waals surface area contributed by atoms with E-state index in [1.54, 1.807) is 54.9 Å². The molecule has 0 aliphatic rings. The molecule has 18 heavy (non-hydrogen) atoms. The molecule has 1 N–H and O–H groups in total. The summed E-state index contributed by atoms with van der Waals surface area (Å²) in [5.41, 5.74) is 1.34. The number of benzene rings is 1. The lowest BCUT2D eigenvalue weighted by molar-refractivity contribution is 0.483. The van der Waals surface area contributed by atoms with Gasteiger partial charge in [-0.15, -0.1) is 0 Å². The number of hydrogen-bond donors (Lipinski definition) is 1. The van der Waals surface area contributed by atoms with Crippen LogP contribution in [0.2, 0.25) is 0 Å². The van der Waals surface area contributed by atoms with Crippen molar-refractivity contribution in [3.8, 4) is 0 Å². The Kier molecular flexibility index (Phi) is 3.55. The van der Waals surface area contributed by atoms with E-state index in [4.69, 9.17) is 4.55 Å². The van der Waals surface area contributed by atoms with Crippen molar-refractivity contribution in [2.24, 2.45) is 0 Å². The number of pyridine rings is 1. The summed E-state index contributed by atoms with van der Waals surface area (Å²) in [5.74, 6) is 0. The highest BCUT2D eigenvalue weighted by atomic mass is 32.2. The van der Waals surface area contributed by atoms with Crippen molar-refractivity contribution in [1.82, 2.24) is 4.98 Å². The Bertz CT molecular complexity index is 664. The van der Waals surface area contributed by atoms with E-state index in [1.165, 1.54) is 6.07 Å². The highest BCUT2D eigenvalue weighted by Gasteiger charge is 2.12. The quantitative estimate of drug-likeness (QED) is 0.862. The zero-order valence-corrected chi connectivity index (χ0v) is 10.2. The minimum Gasteiger partial charge on any atom is -0.282 e. The van der Waals surface area contributed by atoms with E-state index in [2.05, 4.69) is 4.98 Å². The molecule has 0 atom stereocenters. The van der Waals surface area contributed by atoms with Gasteiger partial charge in [0.05, 0.1) is 0 Å². The standard InChI is InChI=1S/C13H11NO3S/c15-18(16,17)13-4-2-1-3-12(13)6-5-11-7-9-14-10-8-11/h1-10H,(H,15,16,17)/b6-5+. The van der Waals surface area contributed by atoms with E-state index in [9.17, 15) is 8.42 Å². The zero-order valence-electron chi connectivity index (χ0n) is 9.39. The second-order valence-corrected chi connectivity index (χ2v) is 5.02. The van der Waals surface area contributed by atoms with Crippen LogP contribution in [0, 0.1) is 0 Å². The van der Waals surface area contributed by atoms with E-state index < -0.39 is 10.1 Å². The first-order chi connectivity index (χ1) is 8.57. The van der Waals surface area contributed by atoms with Crippen molar-refractivity contribution >= 4 is 22.3 Å². The topological polar surface area (TPSA) is 67.3 Å². The minimum atomic E-state index is -4.20. The van der Waals surface area contributed by atoms with Gasteiger partial charge in [0.2, 0.25) is 0 Å². The third-order valence-electron chi connectivity index (χ3n) is 2.36. The van der Waals surface area contributed by atoms with Gasteiger partial charge in [-0.2, -0.15) is 8.42 Å². The normalized spacial score (nSPS) is 11.8. The molecular formula is C13H11NO3S. The summed E-state index contributed by atoms with van der Waals surface area (Å²) in [6.45, 7) is 0. The third kappa shape index (κ3) is 3.03. The molecule has 2 rings (SSSR count). The predicted molar refractivity (Wildman–Crippen MR) is 69.4 cm³/mol. The molecule has 1 aromatic carbocycles. The fraction of sp³-hybridized carbons (Fsp3) is 0. The predicted octanol–water partition coefficient (Wildman–Crippen LogP) is 2.50. The molecule has 2 aromatic rings. The highest BCUT2D eigenvalue weighted by Crippen LogP contribution is 2.17. The Hall–Kier alpha value is -1.98. The number of hydrogen-bond acceptors (Lipinski definition) is 3. The maximum absolute atomic E-state index is 11.2.